The number of carbonyl (C=O) groups is 1. The number of benzene rings is 2. The largest absolute Gasteiger partial charge is 0.396 e. The molecule has 2 aromatic carbocycles. The van der Waals surface area contributed by atoms with Crippen molar-refractivity contribution in [2.24, 2.45) is 5.92 Å². The highest BCUT2D eigenvalue weighted by Gasteiger charge is 2.23. The molecule has 0 radical (unpaired) electrons. The second-order valence-electron chi connectivity index (χ2n) is 6.48. The standard InChI is InChI=1S/C20H23FN2O2/c21-18-6-4-15(5-7-18)13-22-19-3-1-2-17(12-19)20(25)23-10-8-16(14-24)9-11-23/h1-7,12,16,22,24H,8-11,13-14H2. The van der Waals surface area contributed by atoms with Crippen LogP contribution in [0.5, 0.6) is 0 Å². The third-order valence-corrected chi connectivity index (χ3v) is 4.68. The number of hydrogen-bond acceptors (Lipinski definition) is 3. The monoisotopic (exact) mass is 342 g/mol. The summed E-state index contributed by atoms with van der Waals surface area (Å²) in [5.41, 5.74) is 2.50. The van der Waals surface area contributed by atoms with Gasteiger partial charge in [0.1, 0.15) is 5.82 Å². The first-order valence-corrected chi connectivity index (χ1v) is 8.64. The zero-order valence-corrected chi connectivity index (χ0v) is 14.1. The highest BCUT2D eigenvalue weighted by Crippen LogP contribution is 2.20. The number of nitrogens with zero attached hydrogens (tertiary/aromatic N) is 1. The second-order valence-corrected chi connectivity index (χ2v) is 6.48. The number of aliphatic hydroxyl groups excluding tert-OH is 1. The number of anilines is 1. The lowest BCUT2D eigenvalue weighted by Gasteiger charge is -2.31. The molecule has 2 N–H and O–H groups in total. The molecule has 0 atom stereocenters. The number of aliphatic hydroxyl groups is 1. The highest BCUT2D eigenvalue weighted by molar-refractivity contribution is 5.95. The number of piperidine rings is 1. The van der Waals surface area contributed by atoms with Gasteiger partial charge in [0.05, 0.1) is 0 Å². The molecule has 0 aromatic heterocycles. The first-order chi connectivity index (χ1) is 12.2. The molecule has 0 bridgehead atoms. The Hall–Kier alpha value is -2.40. The number of carbonyl (C=O) groups excluding carboxylic acids is 1. The van der Waals surface area contributed by atoms with Crippen LogP contribution in [0.3, 0.4) is 0 Å². The minimum absolute atomic E-state index is 0.0295. The fourth-order valence-electron chi connectivity index (χ4n) is 3.07. The summed E-state index contributed by atoms with van der Waals surface area (Å²) in [6, 6.07) is 13.8. The van der Waals surface area contributed by atoms with Crippen LogP contribution in [0, 0.1) is 11.7 Å². The average molecular weight is 342 g/mol. The maximum absolute atomic E-state index is 12.9. The van der Waals surface area contributed by atoms with E-state index in [9.17, 15) is 14.3 Å². The Morgan fingerprint density at radius 1 is 1.16 bits per heavy atom. The third kappa shape index (κ3) is 4.57. The summed E-state index contributed by atoms with van der Waals surface area (Å²) in [6.45, 7) is 2.15. The van der Waals surface area contributed by atoms with Crippen LogP contribution >= 0.6 is 0 Å². The maximum Gasteiger partial charge on any atom is 0.253 e. The molecule has 1 fully saturated rings. The molecule has 0 saturated carbocycles. The molecule has 1 aliphatic rings. The van der Waals surface area contributed by atoms with E-state index in [0.29, 0.717) is 31.1 Å². The number of halogens is 1. The van der Waals surface area contributed by atoms with E-state index < -0.39 is 0 Å². The van der Waals surface area contributed by atoms with Gasteiger partial charge in [-0.15, -0.1) is 0 Å². The molecule has 0 unspecified atom stereocenters. The molecule has 5 heteroatoms. The van der Waals surface area contributed by atoms with Crippen molar-refractivity contribution in [3.63, 3.8) is 0 Å². The lowest BCUT2D eigenvalue weighted by atomic mass is 9.97. The lowest BCUT2D eigenvalue weighted by Crippen LogP contribution is -2.39. The van der Waals surface area contributed by atoms with Crippen LogP contribution in [-0.4, -0.2) is 35.6 Å². The molecule has 25 heavy (non-hydrogen) atoms. The SMILES string of the molecule is O=C(c1cccc(NCc2ccc(F)cc2)c1)N1CCC(CO)CC1. The zero-order chi connectivity index (χ0) is 17.6. The van der Waals surface area contributed by atoms with Crippen LogP contribution in [0.25, 0.3) is 0 Å². The van der Waals surface area contributed by atoms with Crippen molar-refractivity contribution in [2.75, 3.05) is 25.0 Å². The van der Waals surface area contributed by atoms with E-state index in [1.165, 1.54) is 12.1 Å². The Balaban J connectivity index is 1.61. The van der Waals surface area contributed by atoms with E-state index in [1.54, 1.807) is 12.1 Å². The summed E-state index contributed by atoms with van der Waals surface area (Å²) in [7, 11) is 0. The Kier molecular flexibility index (Phi) is 5.66. The van der Waals surface area contributed by atoms with Crippen LogP contribution in [0.15, 0.2) is 48.5 Å². The Morgan fingerprint density at radius 2 is 1.88 bits per heavy atom. The first kappa shape index (κ1) is 17.4. The first-order valence-electron chi connectivity index (χ1n) is 8.64. The van der Waals surface area contributed by atoms with Crippen LogP contribution in [0.2, 0.25) is 0 Å². The summed E-state index contributed by atoms with van der Waals surface area (Å²) >= 11 is 0. The van der Waals surface area contributed by atoms with Gasteiger partial charge in [-0.25, -0.2) is 4.39 Å². The minimum atomic E-state index is -0.249. The maximum atomic E-state index is 12.9. The van der Waals surface area contributed by atoms with Gasteiger partial charge in [-0.3, -0.25) is 4.79 Å². The Bertz CT molecular complexity index is 710. The molecule has 0 aliphatic carbocycles. The van der Waals surface area contributed by atoms with Crippen LogP contribution in [0.4, 0.5) is 10.1 Å². The van der Waals surface area contributed by atoms with Gasteiger partial charge in [0.15, 0.2) is 0 Å². The molecule has 132 valence electrons. The van der Waals surface area contributed by atoms with Gasteiger partial charge in [0.25, 0.3) is 5.91 Å². The second kappa shape index (κ2) is 8.12. The number of hydrogen-bond donors (Lipinski definition) is 2. The number of nitrogens with one attached hydrogen (secondary N) is 1. The van der Waals surface area contributed by atoms with Crippen LogP contribution < -0.4 is 5.32 Å². The molecule has 1 amide bonds. The summed E-state index contributed by atoms with van der Waals surface area (Å²) in [4.78, 5) is 14.5. The van der Waals surface area contributed by atoms with Crippen LogP contribution in [-0.2, 0) is 6.54 Å². The van der Waals surface area contributed by atoms with E-state index in [1.807, 2.05) is 29.2 Å². The summed E-state index contributed by atoms with van der Waals surface area (Å²) in [5.74, 6) is 0.0934. The third-order valence-electron chi connectivity index (χ3n) is 4.68. The van der Waals surface area contributed by atoms with E-state index >= 15 is 0 Å². The molecular formula is C20H23FN2O2. The fourth-order valence-corrected chi connectivity index (χ4v) is 3.07. The Labute approximate surface area is 147 Å². The highest BCUT2D eigenvalue weighted by atomic mass is 19.1. The van der Waals surface area contributed by atoms with Gasteiger partial charge in [0.2, 0.25) is 0 Å². The minimum Gasteiger partial charge on any atom is -0.396 e. The molecule has 2 aromatic rings. The number of rotatable bonds is 5. The molecule has 1 heterocycles. The molecule has 1 aliphatic heterocycles. The smallest absolute Gasteiger partial charge is 0.253 e. The topological polar surface area (TPSA) is 52.6 Å². The normalized spacial score (nSPS) is 15.2. The van der Waals surface area contributed by atoms with Crippen molar-refractivity contribution in [2.45, 2.75) is 19.4 Å². The summed E-state index contributed by atoms with van der Waals surface area (Å²) in [5, 5.41) is 12.5. The van der Waals surface area contributed by atoms with Gasteiger partial charge in [-0.05, 0) is 54.7 Å². The zero-order valence-electron chi connectivity index (χ0n) is 14.1. The van der Waals surface area contributed by atoms with Gasteiger partial charge < -0.3 is 15.3 Å². The van der Waals surface area contributed by atoms with Crippen molar-refractivity contribution in [3.05, 3.63) is 65.5 Å². The molecule has 1 saturated heterocycles. The fraction of sp³-hybridized carbons (Fsp3) is 0.350. The van der Waals surface area contributed by atoms with Crippen molar-refractivity contribution in [3.8, 4) is 0 Å². The van der Waals surface area contributed by atoms with E-state index in [4.69, 9.17) is 0 Å². The average Bonchev–Trinajstić information content (AvgIpc) is 2.67. The van der Waals surface area contributed by atoms with Gasteiger partial charge >= 0.3 is 0 Å². The predicted octanol–water partition coefficient (Wildman–Crippen LogP) is 3.28. The van der Waals surface area contributed by atoms with Gasteiger partial charge in [-0.2, -0.15) is 0 Å². The van der Waals surface area contributed by atoms with E-state index in [0.717, 1.165) is 24.1 Å². The lowest BCUT2D eigenvalue weighted by molar-refractivity contribution is 0.0651. The Morgan fingerprint density at radius 3 is 2.56 bits per heavy atom. The molecule has 4 nitrogen and oxygen atoms in total. The van der Waals surface area contributed by atoms with Crippen molar-refractivity contribution >= 4 is 11.6 Å². The predicted molar refractivity (Wildman–Crippen MR) is 95.9 cm³/mol. The van der Waals surface area contributed by atoms with Crippen LogP contribution in [0.1, 0.15) is 28.8 Å². The van der Waals surface area contributed by atoms with Gasteiger partial charge in [0, 0.05) is 37.5 Å². The van der Waals surface area contributed by atoms with Crippen molar-refractivity contribution < 1.29 is 14.3 Å². The quantitative estimate of drug-likeness (QED) is 0.877. The number of likely N-dealkylation sites (tertiary alicyclic amines) is 1. The van der Waals surface area contributed by atoms with Crippen molar-refractivity contribution in [1.29, 1.82) is 0 Å². The molecular weight excluding hydrogens is 319 g/mol. The molecule has 0 spiro atoms. The van der Waals surface area contributed by atoms with Crippen molar-refractivity contribution in [1.82, 2.24) is 4.90 Å². The molecule has 3 rings (SSSR count). The van der Waals surface area contributed by atoms with E-state index in [2.05, 4.69) is 5.32 Å². The number of amides is 1. The summed E-state index contributed by atoms with van der Waals surface area (Å²) < 4.78 is 12.9. The van der Waals surface area contributed by atoms with Gasteiger partial charge in [-0.1, -0.05) is 18.2 Å². The van der Waals surface area contributed by atoms with E-state index in [-0.39, 0.29) is 18.3 Å². The summed E-state index contributed by atoms with van der Waals surface area (Å²) in [6.07, 6.45) is 1.70.